The van der Waals surface area contributed by atoms with E-state index < -0.39 is 6.16 Å². The number of hydrogen-bond acceptors (Lipinski definition) is 5. The van der Waals surface area contributed by atoms with E-state index in [-0.39, 0.29) is 12.0 Å². The predicted molar refractivity (Wildman–Crippen MR) is 88.3 cm³/mol. The van der Waals surface area contributed by atoms with Gasteiger partial charge >= 0.3 is 6.16 Å². The summed E-state index contributed by atoms with van der Waals surface area (Å²) in [6.45, 7) is 2.89. The Balaban J connectivity index is 2.04. The van der Waals surface area contributed by atoms with Crippen LogP contribution < -0.4 is 4.74 Å². The van der Waals surface area contributed by atoms with E-state index in [9.17, 15) is 4.79 Å². The van der Waals surface area contributed by atoms with E-state index in [1.165, 1.54) is 0 Å². The molecular formula is C17H21NO3S. The molecule has 2 aromatic rings. The summed E-state index contributed by atoms with van der Waals surface area (Å²) in [5.74, 6) is 0.648. The molecule has 2 atom stereocenters. The monoisotopic (exact) mass is 319 g/mol. The number of thiophene rings is 1. The van der Waals surface area contributed by atoms with Gasteiger partial charge in [-0.05, 0) is 37.7 Å². The molecular weight excluding hydrogens is 298 g/mol. The van der Waals surface area contributed by atoms with Gasteiger partial charge in [0.2, 0.25) is 0 Å². The first kappa shape index (κ1) is 16.5. The van der Waals surface area contributed by atoms with Gasteiger partial charge in [-0.2, -0.15) is 0 Å². The molecule has 0 aliphatic carbocycles. The van der Waals surface area contributed by atoms with Gasteiger partial charge in [-0.1, -0.05) is 31.2 Å². The van der Waals surface area contributed by atoms with Crippen LogP contribution in [0.2, 0.25) is 0 Å². The number of ether oxygens (including phenoxy) is 2. The molecule has 1 aromatic heterocycles. The number of para-hydroxylation sites is 1. The van der Waals surface area contributed by atoms with Gasteiger partial charge in [0.25, 0.3) is 0 Å². The molecule has 0 aliphatic rings. The van der Waals surface area contributed by atoms with Gasteiger partial charge in [0.05, 0.1) is 0 Å². The van der Waals surface area contributed by atoms with Crippen LogP contribution in [0.1, 0.15) is 17.9 Å². The summed E-state index contributed by atoms with van der Waals surface area (Å²) < 4.78 is 10.8. The maximum Gasteiger partial charge on any atom is 0.514 e. The SMILES string of the molecule is CC(CN(C)C)C(OC(=O)Oc1ccccc1)c1cccs1. The van der Waals surface area contributed by atoms with Crippen LogP contribution in [0.5, 0.6) is 5.75 Å². The lowest BCUT2D eigenvalue weighted by Gasteiger charge is -2.25. The molecule has 2 rings (SSSR count). The highest BCUT2D eigenvalue weighted by Gasteiger charge is 2.26. The molecule has 0 saturated carbocycles. The number of benzene rings is 1. The molecule has 0 amide bonds. The van der Waals surface area contributed by atoms with E-state index in [2.05, 4.69) is 11.8 Å². The summed E-state index contributed by atoms with van der Waals surface area (Å²) in [6.07, 6.45) is -0.978. The molecule has 1 aromatic carbocycles. The summed E-state index contributed by atoms with van der Waals surface area (Å²) in [5.41, 5.74) is 0. The molecule has 5 heteroatoms. The standard InChI is InChI=1S/C17H21NO3S/c1-13(12-18(2)3)16(15-10-7-11-22-15)21-17(19)20-14-8-5-4-6-9-14/h4-11,13,16H,12H2,1-3H3. The molecule has 0 radical (unpaired) electrons. The fraction of sp³-hybridized carbons (Fsp3) is 0.353. The Morgan fingerprint density at radius 1 is 1.18 bits per heavy atom. The van der Waals surface area contributed by atoms with Crippen LogP contribution in [0, 0.1) is 5.92 Å². The topological polar surface area (TPSA) is 38.8 Å². The van der Waals surface area contributed by atoms with Gasteiger partial charge in [0, 0.05) is 17.3 Å². The third kappa shape index (κ3) is 4.86. The summed E-state index contributed by atoms with van der Waals surface area (Å²) in [7, 11) is 4.01. The maximum atomic E-state index is 12.1. The summed E-state index contributed by atoms with van der Waals surface area (Å²) in [6, 6.07) is 12.9. The second kappa shape index (κ2) is 7.96. The third-order valence-electron chi connectivity index (χ3n) is 3.16. The number of nitrogens with zero attached hydrogens (tertiary/aromatic N) is 1. The van der Waals surface area contributed by atoms with Gasteiger partial charge in [-0.25, -0.2) is 4.79 Å². The van der Waals surface area contributed by atoms with E-state index in [1.807, 2.05) is 49.8 Å². The highest BCUT2D eigenvalue weighted by molar-refractivity contribution is 7.10. The van der Waals surface area contributed by atoms with Gasteiger partial charge in [0.1, 0.15) is 11.9 Å². The maximum absolute atomic E-state index is 12.1. The normalized spacial score (nSPS) is 13.6. The molecule has 0 saturated heterocycles. The number of carbonyl (C=O) groups is 1. The Kier molecular flexibility index (Phi) is 5.98. The van der Waals surface area contributed by atoms with Crippen molar-refractivity contribution >= 4 is 17.5 Å². The van der Waals surface area contributed by atoms with Crippen molar-refractivity contribution in [3.63, 3.8) is 0 Å². The van der Waals surface area contributed by atoms with Crippen LogP contribution in [-0.2, 0) is 4.74 Å². The lowest BCUT2D eigenvalue weighted by Crippen LogP contribution is -2.27. The summed E-state index contributed by atoms with van der Waals surface area (Å²) in [4.78, 5) is 15.2. The summed E-state index contributed by atoms with van der Waals surface area (Å²) in [5, 5.41) is 1.98. The highest BCUT2D eigenvalue weighted by atomic mass is 32.1. The Morgan fingerprint density at radius 2 is 1.91 bits per heavy atom. The lowest BCUT2D eigenvalue weighted by molar-refractivity contribution is 0.0288. The predicted octanol–water partition coefficient (Wildman–Crippen LogP) is 4.20. The fourth-order valence-corrected chi connectivity index (χ4v) is 3.18. The van der Waals surface area contributed by atoms with Gasteiger partial charge in [0.15, 0.2) is 0 Å². The van der Waals surface area contributed by atoms with Crippen LogP contribution in [-0.4, -0.2) is 31.7 Å². The van der Waals surface area contributed by atoms with Gasteiger partial charge < -0.3 is 14.4 Å². The third-order valence-corrected chi connectivity index (χ3v) is 4.09. The minimum atomic E-state index is -0.671. The Hall–Kier alpha value is -1.85. The molecule has 0 N–H and O–H groups in total. The molecule has 4 nitrogen and oxygen atoms in total. The largest absolute Gasteiger partial charge is 0.514 e. The molecule has 22 heavy (non-hydrogen) atoms. The number of rotatable bonds is 6. The van der Waals surface area contributed by atoms with Crippen molar-refractivity contribution in [2.75, 3.05) is 20.6 Å². The molecule has 1 heterocycles. The van der Waals surface area contributed by atoms with Crippen LogP contribution >= 0.6 is 11.3 Å². The minimum absolute atomic E-state index is 0.164. The average Bonchev–Trinajstić information content (AvgIpc) is 2.99. The molecule has 118 valence electrons. The highest BCUT2D eigenvalue weighted by Crippen LogP contribution is 2.30. The molecule has 0 spiro atoms. The Labute approximate surface area is 135 Å². The zero-order valence-corrected chi connectivity index (χ0v) is 13.9. The minimum Gasteiger partial charge on any atom is -0.425 e. The summed E-state index contributed by atoms with van der Waals surface area (Å²) >= 11 is 1.58. The zero-order chi connectivity index (χ0) is 15.9. The van der Waals surface area contributed by atoms with E-state index in [4.69, 9.17) is 9.47 Å². The first-order chi connectivity index (χ1) is 10.6. The smallest absolute Gasteiger partial charge is 0.425 e. The first-order valence-corrected chi connectivity index (χ1v) is 8.06. The van der Waals surface area contributed by atoms with Crippen LogP contribution in [0.25, 0.3) is 0 Å². The zero-order valence-electron chi connectivity index (χ0n) is 13.1. The second-order valence-electron chi connectivity index (χ2n) is 5.46. The lowest BCUT2D eigenvalue weighted by atomic mass is 10.0. The van der Waals surface area contributed by atoms with Crippen molar-refractivity contribution in [2.45, 2.75) is 13.0 Å². The fourth-order valence-electron chi connectivity index (χ4n) is 2.29. The molecule has 0 aliphatic heterocycles. The van der Waals surface area contributed by atoms with Gasteiger partial charge in [-0.15, -0.1) is 11.3 Å². The van der Waals surface area contributed by atoms with E-state index in [1.54, 1.807) is 23.5 Å². The second-order valence-corrected chi connectivity index (χ2v) is 6.44. The van der Waals surface area contributed by atoms with E-state index in [0.29, 0.717) is 5.75 Å². The van der Waals surface area contributed by atoms with Gasteiger partial charge in [-0.3, -0.25) is 0 Å². The number of carbonyl (C=O) groups excluding carboxylic acids is 1. The first-order valence-electron chi connectivity index (χ1n) is 7.18. The molecule has 2 unspecified atom stereocenters. The van der Waals surface area contributed by atoms with E-state index >= 15 is 0 Å². The van der Waals surface area contributed by atoms with Crippen molar-refractivity contribution < 1.29 is 14.3 Å². The average molecular weight is 319 g/mol. The molecule has 0 fully saturated rings. The quantitative estimate of drug-likeness (QED) is 0.591. The van der Waals surface area contributed by atoms with Crippen molar-refractivity contribution in [1.82, 2.24) is 4.90 Å². The van der Waals surface area contributed by atoms with Crippen molar-refractivity contribution in [3.05, 3.63) is 52.7 Å². The van der Waals surface area contributed by atoms with Crippen molar-refractivity contribution in [3.8, 4) is 5.75 Å². The van der Waals surface area contributed by atoms with Crippen LogP contribution in [0.15, 0.2) is 47.8 Å². The Bertz CT molecular complexity index is 569. The van der Waals surface area contributed by atoms with Crippen LogP contribution in [0.4, 0.5) is 4.79 Å². The van der Waals surface area contributed by atoms with Crippen molar-refractivity contribution in [1.29, 1.82) is 0 Å². The van der Waals surface area contributed by atoms with Crippen molar-refractivity contribution in [2.24, 2.45) is 5.92 Å². The Morgan fingerprint density at radius 3 is 2.50 bits per heavy atom. The number of hydrogen-bond donors (Lipinski definition) is 0. The van der Waals surface area contributed by atoms with Crippen LogP contribution in [0.3, 0.4) is 0 Å². The van der Waals surface area contributed by atoms with E-state index in [0.717, 1.165) is 11.4 Å². The molecule has 0 bridgehead atoms.